The second kappa shape index (κ2) is 4.95. The zero-order valence-electron chi connectivity index (χ0n) is 9.86. The largest absolute Gasteiger partial charge is 0.481 e. The average molecular weight is 288 g/mol. The standard InChI is InChI=1S/C12H8F4N2O2/c13-8-3-1-2-4-9(8)18-11(12(14,15)16)7(6-17-18)5-10(19)20/h1-4,6H,5H2,(H,19,20). The van der Waals surface area contributed by atoms with E-state index < -0.39 is 41.3 Å². The van der Waals surface area contributed by atoms with Gasteiger partial charge in [-0.3, -0.25) is 4.79 Å². The van der Waals surface area contributed by atoms with Crippen LogP contribution in [0.4, 0.5) is 17.6 Å². The number of hydrogen-bond acceptors (Lipinski definition) is 2. The van der Waals surface area contributed by atoms with Crippen molar-refractivity contribution in [3.8, 4) is 5.69 Å². The van der Waals surface area contributed by atoms with Crippen LogP contribution in [0.5, 0.6) is 0 Å². The number of carbonyl (C=O) groups is 1. The van der Waals surface area contributed by atoms with Crippen LogP contribution >= 0.6 is 0 Å². The summed E-state index contributed by atoms with van der Waals surface area (Å²) in [5.41, 5.74) is -2.20. The minimum absolute atomic E-state index is 0.369. The maximum atomic E-state index is 13.6. The van der Waals surface area contributed by atoms with E-state index in [0.29, 0.717) is 4.68 Å². The van der Waals surface area contributed by atoms with E-state index in [2.05, 4.69) is 5.10 Å². The van der Waals surface area contributed by atoms with Gasteiger partial charge in [-0.1, -0.05) is 12.1 Å². The summed E-state index contributed by atoms with van der Waals surface area (Å²) in [6, 6.07) is 4.81. The van der Waals surface area contributed by atoms with Gasteiger partial charge in [-0.25, -0.2) is 9.07 Å². The van der Waals surface area contributed by atoms with Crippen molar-refractivity contribution < 1.29 is 27.5 Å². The molecule has 0 saturated heterocycles. The molecule has 0 atom stereocenters. The Morgan fingerprint density at radius 1 is 1.30 bits per heavy atom. The molecular weight excluding hydrogens is 280 g/mol. The van der Waals surface area contributed by atoms with Crippen LogP contribution in [0.1, 0.15) is 11.3 Å². The van der Waals surface area contributed by atoms with Gasteiger partial charge < -0.3 is 5.11 Å². The van der Waals surface area contributed by atoms with Gasteiger partial charge in [0.15, 0.2) is 5.69 Å². The number of benzene rings is 1. The summed E-state index contributed by atoms with van der Waals surface area (Å²) in [7, 11) is 0. The average Bonchev–Trinajstić information content (AvgIpc) is 2.72. The van der Waals surface area contributed by atoms with E-state index >= 15 is 0 Å². The van der Waals surface area contributed by atoms with Gasteiger partial charge in [0.25, 0.3) is 0 Å². The minimum Gasteiger partial charge on any atom is -0.481 e. The Hall–Kier alpha value is -2.38. The van der Waals surface area contributed by atoms with Crippen molar-refractivity contribution in [2.24, 2.45) is 0 Å². The summed E-state index contributed by atoms with van der Waals surface area (Å²) in [6.07, 6.45) is -4.91. The fourth-order valence-corrected chi connectivity index (χ4v) is 1.78. The number of rotatable bonds is 3. The number of nitrogens with zero attached hydrogens (tertiary/aromatic N) is 2. The number of alkyl halides is 3. The van der Waals surface area contributed by atoms with E-state index in [1.807, 2.05) is 0 Å². The molecule has 0 amide bonds. The lowest BCUT2D eigenvalue weighted by atomic mass is 10.1. The molecule has 4 nitrogen and oxygen atoms in total. The predicted molar refractivity (Wildman–Crippen MR) is 59.9 cm³/mol. The fourth-order valence-electron chi connectivity index (χ4n) is 1.78. The number of para-hydroxylation sites is 1. The molecule has 1 heterocycles. The SMILES string of the molecule is O=C(O)Cc1cnn(-c2ccccc2F)c1C(F)(F)F. The molecule has 0 aliphatic carbocycles. The van der Waals surface area contributed by atoms with Crippen molar-refractivity contribution in [2.45, 2.75) is 12.6 Å². The molecule has 1 aromatic carbocycles. The van der Waals surface area contributed by atoms with Gasteiger partial charge in [0.05, 0.1) is 12.6 Å². The molecule has 8 heteroatoms. The molecule has 106 valence electrons. The summed E-state index contributed by atoms with van der Waals surface area (Å²) in [4.78, 5) is 10.6. The number of carboxylic acids is 1. The van der Waals surface area contributed by atoms with Crippen LogP contribution in [0.25, 0.3) is 5.69 Å². The summed E-state index contributed by atoms with van der Waals surface area (Å²) in [5, 5.41) is 12.1. The lowest BCUT2D eigenvalue weighted by molar-refractivity contribution is -0.144. The quantitative estimate of drug-likeness (QED) is 0.883. The van der Waals surface area contributed by atoms with Crippen molar-refractivity contribution in [3.63, 3.8) is 0 Å². The maximum absolute atomic E-state index is 13.6. The normalized spacial score (nSPS) is 11.6. The number of hydrogen-bond donors (Lipinski definition) is 1. The van der Waals surface area contributed by atoms with Gasteiger partial charge in [0, 0.05) is 5.56 Å². The minimum atomic E-state index is -4.84. The third-order valence-corrected chi connectivity index (χ3v) is 2.54. The molecule has 0 unspecified atom stereocenters. The summed E-state index contributed by atoms with van der Waals surface area (Å²) in [6.45, 7) is 0. The number of halogens is 4. The lowest BCUT2D eigenvalue weighted by Gasteiger charge is -2.12. The van der Waals surface area contributed by atoms with Crippen molar-refractivity contribution >= 4 is 5.97 Å². The van der Waals surface area contributed by atoms with Gasteiger partial charge in [0.1, 0.15) is 11.5 Å². The van der Waals surface area contributed by atoms with E-state index in [0.717, 1.165) is 18.3 Å². The monoisotopic (exact) mass is 288 g/mol. The van der Waals surface area contributed by atoms with Gasteiger partial charge in [-0.05, 0) is 12.1 Å². The van der Waals surface area contributed by atoms with E-state index in [9.17, 15) is 22.4 Å². The molecule has 0 bridgehead atoms. The van der Waals surface area contributed by atoms with Crippen molar-refractivity contribution in [1.82, 2.24) is 9.78 Å². The summed E-state index contributed by atoms with van der Waals surface area (Å²) in [5.74, 6) is -2.31. The molecule has 20 heavy (non-hydrogen) atoms. The highest BCUT2D eigenvalue weighted by Crippen LogP contribution is 2.34. The molecule has 2 aromatic rings. The first kappa shape index (κ1) is 14.0. The van der Waals surface area contributed by atoms with Crippen molar-refractivity contribution in [3.05, 3.63) is 47.5 Å². The van der Waals surface area contributed by atoms with Gasteiger partial charge in [-0.15, -0.1) is 0 Å². The van der Waals surface area contributed by atoms with Crippen LogP contribution in [0.3, 0.4) is 0 Å². The number of carboxylic acid groups (broad SMARTS) is 1. The van der Waals surface area contributed by atoms with Crippen molar-refractivity contribution in [2.75, 3.05) is 0 Å². The first-order valence-corrected chi connectivity index (χ1v) is 5.41. The van der Waals surface area contributed by atoms with Gasteiger partial charge >= 0.3 is 12.1 Å². The lowest BCUT2D eigenvalue weighted by Crippen LogP contribution is -2.17. The fraction of sp³-hybridized carbons (Fsp3) is 0.167. The molecule has 0 fully saturated rings. The Morgan fingerprint density at radius 3 is 2.50 bits per heavy atom. The summed E-state index contributed by atoms with van der Waals surface area (Å²) >= 11 is 0. The van der Waals surface area contributed by atoms with E-state index in [4.69, 9.17) is 5.11 Å². The zero-order chi connectivity index (χ0) is 14.9. The van der Waals surface area contributed by atoms with Gasteiger partial charge in [0.2, 0.25) is 0 Å². The molecule has 0 aliphatic heterocycles. The molecule has 0 aliphatic rings. The second-order valence-electron chi connectivity index (χ2n) is 3.95. The number of aliphatic carboxylic acids is 1. The van der Waals surface area contributed by atoms with Crippen molar-refractivity contribution in [1.29, 1.82) is 0 Å². The Bertz CT molecular complexity index is 649. The topological polar surface area (TPSA) is 55.1 Å². The molecule has 1 N–H and O–H groups in total. The van der Waals surface area contributed by atoms with E-state index in [1.165, 1.54) is 12.1 Å². The van der Waals surface area contributed by atoms with Crippen LogP contribution in [-0.2, 0) is 17.4 Å². The Morgan fingerprint density at radius 2 is 1.95 bits per heavy atom. The molecule has 2 rings (SSSR count). The van der Waals surface area contributed by atoms with E-state index in [-0.39, 0.29) is 0 Å². The first-order chi connectivity index (χ1) is 9.30. The van der Waals surface area contributed by atoms with Crippen LogP contribution in [0, 0.1) is 5.82 Å². The summed E-state index contributed by atoms with van der Waals surface area (Å²) < 4.78 is 53.0. The van der Waals surface area contributed by atoms with Crippen LogP contribution in [-0.4, -0.2) is 20.9 Å². The first-order valence-electron chi connectivity index (χ1n) is 5.41. The van der Waals surface area contributed by atoms with Crippen LogP contribution in [0.2, 0.25) is 0 Å². The molecular formula is C12H8F4N2O2. The second-order valence-corrected chi connectivity index (χ2v) is 3.95. The smallest absolute Gasteiger partial charge is 0.433 e. The molecule has 1 aromatic heterocycles. The Kier molecular flexibility index (Phi) is 3.47. The Balaban J connectivity index is 2.63. The third-order valence-electron chi connectivity index (χ3n) is 2.54. The third kappa shape index (κ3) is 2.63. The highest BCUT2D eigenvalue weighted by Gasteiger charge is 2.39. The van der Waals surface area contributed by atoms with Crippen LogP contribution < -0.4 is 0 Å². The maximum Gasteiger partial charge on any atom is 0.433 e. The highest BCUT2D eigenvalue weighted by molar-refractivity contribution is 5.70. The number of aromatic nitrogens is 2. The molecule has 0 saturated carbocycles. The van der Waals surface area contributed by atoms with Gasteiger partial charge in [-0.2, -0.15) is 18.3 Å². The highest BCUT2D eigenvalue weighted by atomic mass is 19.4. The molecule has 0 radical (unpaired) electrons. The predicted octanol–water partition coefficient (Wildman–Crippen LogP) is 2.66. The Labute approximate surface area is 110 Å². The van der Waals surface area contributed by atoms with E-state index in [1.54, 1.807) is 0 Å². The van der Waals surface area contributed by atoms with Crippen LogP contribution in [0.15, 0.2) is 30.5 Å². The molecule has 0 spiro atoms. The zero-order valence-corrected chi connectivity index (χ0v) is 9.86.